The van der Waals surface area contributed by atoms with E-state index in [-0.39, 0.29) is 11.5 Å². The molecule has 0 aliphatic carbocycles. The van der Waals surface area contributed by atoms with Crippen LogP contribution in [0.3, 0.4) is 0 Å². The summed E-state index contributed by atoms with van der Waals surface area (Å²) in [5.74, 6) is 0.377. The van der Waals surface area contributed by atoms with E-state index in [1.54, 1.807) is 6.92 Å². The first-order chi connectivity index (χ1) is 5.57. The van der Waals surface area contributed by atoms with E-state index < -0.39 is 12.3 Å². The van der Waals surface area contributed by atoms with E-state index in [4.69, 9.17) is 0 Å². The monoisotopic (exact) mass is 196 g/mol. The fraction of sp³-hybridized carbons (Fsp3) is 0.875. The van der Waals surface area contributed by atoms with Crippen LogP contribution in [0.2, 0.25) is 0 Å². The molecule has 0 spiro atoms. The lowest BCUT2D eigenvalue weighted by atomic mass is 10.2. The third kappa shape index (κ3) is 5.52. The van der Waals surface area contributed by atoms with Crippen LogP contribution in [-0.4, -0.2) is 23.2 Å². The number of hydrogen-bond donors (Lipinski definition) is 0. The van der Waals surface area contributed by atoms with Gasteiger partial charge in [-0.3, -0.25) is 4.79 Å². The molecule has 0 bridgehead atoms. The van der Waals surface area contributed by atoms with Crippen molar-refractivity contribution in [2.75, 3.05) is 5.75 Å². The van der Waals surface area contributed by atoms with Gasteiger partial charge in [-0.15, -0.1) is 0 Å². The lowest BCUT2D eigenvalue weighted by Gasteiger charge is -2.07. The number of carbonyl (C=O) groups excluding carboxylic acids is 1. The molecule has 0 aromatic heterocycles. The third-order valence-electron chi connectivity index (χ3n) is 1.44. The van der Waals surface area contributed by atoms with Gasteiger partial charge in [0.05, 0.1) is 0 Å². The van der Waals surface area contributed by atoms with E-state index in [0.29, 0.717) is 12.2 Å². The van der Waals surface area contributed by atoms with Gasteiger partial charge in [0, 0.05) is 12.2 Å². The highest BCUT2D eigenvalue weighted by Gasteiger charge is 2.14. The van der Waals surface area contributed by atoms with Crippen LogP contribution in [-0.2, 0) is 4.79 Å². The summed E-state index contributed by atoms with van der Waals surface area (Å²) >= 11 is 1.08. The molecule has 0 rings (SSSR count). The molecule has 0 fully saturated rings. The van der Waals surface area contributed by atoms with Gasteiger partial charge >= 0.3 is 0 Å². The quantitative estimate of drug-likeness (QED) is 0.672. The molecule has 0 saturated carbocycles. The average Bonchev–Trinajstić information content (AvgIpc) is 2.03. The predicted octanol–water partition coefficient (Wildman–Crippen LogP) is 2.74. The van der Waals surface area contributed by atoms with Gasteiger partial charge in [-0.2, -0.15) is 0 Å². The summed E-state index contributed by atoms with van der Waals surface area (Å²) < 4.78 is 24.8. The fourth-order valence-corrected chi connectivity index (χ4v) is 1.39. The Morgan fingerprint density at radius 2 is 2.08 bits per heavy atom. The molecule has 4 heteroatoms. The van der Waals surface area contributed by atoms with Crippen LogP contribution in [0.1, 0.15) is 26.7 Å². The first-order valence-electron chi connectivity index (χ1n) is 4.01. The van der Waals surface area contributed by atoms with Gasteiger partial charge in [0.1, 0.15) is 12.3 Å². The van der Waals surface area contributed by atoms with E-state index >= 15 is 0 Å². The van der Waals surface area contributed by atoms with Gasteiger partial charge in [0.25, 0.3) is 0 Å². The first-order valence-corrected chi connectivity index (χ1v) is 5.00. The second-order valence-electron chi connectivity index (χ2n) is 2.56. The number of thioether (sulfide) groups is 1. The Morgan fingerprint density at radius 3 is 2.50 bits per heavy atom. The summed E-state index contributed by atoms with van der Waals surface area (Å²) in [6, 6.07) is 0. The van der Waals surface area contributed by atoms with Crippen molar-refractivity contribution in [1.29, 1.82) is 0 Å². The summed E-state index contributed by atoms with van der Waals surface area (Å²) in [6.45, 7) is 2.94. The number of alkyl halides is 2. The van der Waals surface area contributed by atoms with Crippen LogP contribution in [0.15, 0.2) is 0 Å². The van der Waals surface area contributed by atoms with Crippen LogP contribution in [0.25, 0.3) is 0 Å². The minimum atomic E-state index is -1.43. The second kappa shape index (κ2) is 6.40. The molecule has 0 aliphatic heterocycles. The Balaban J connectivity index is 3.37. The van der Waals surface area contributed by atoms with E-state index in [9.17, 15) is 13.6 Å². The highest BCUT2D eigenvalue weighted by atomic mass is 32.2. The molecule has 1 nitrogen and oxygen atoms in total. The average molecular weight is 196 g/mol. The van der Waals surface area contributed by atoms with Crippen molar-refractivity contribution in [3.8, 4) is 0 Å². The van der Waals surface area contributed by atoms with Gasteiger partial charge in [-0.05, 0) is 13.3 Å². The molecule has 0 aromatic rings. The standard InChI is InChI=1S/C8H14F2OS/c1-3-8(11)12-5-4-7(10)6(2)9/h6-7H,3-5H2,1-2H3. The molecule has 2 atom stereocenters. The molecule has 0 saturated heterocycles. The summed E-state index contributed by atoms with van der Waals surface area (Å²) in [5, 5.41) is 0.0358. The van der Waals surface area contributed by atoms with Crippen LogP contribution in [0.5, 0.6) is 0 Å². The van der Waals surface area contributed by atoms with Crippen LogP contribution >= 0.6 is 11.8 Å². The predicted molar refractivity (Wildman–Crippen MR) is 47.8 cm³/mol. The van der Waals surface area contributed by atoms with Crippen LogP contribution in [0, 0.1) is 0 Å². The van der Waals surface area contributed by atoms with Crippen molar-refractivity contribution in [2.45, 2.75) is 39.0 Å². The van der Waals surface area contributed by atoms with Crippen molar-refractivity contribution in [3.63, 3.8) is 0 Å². The normalized spacial score (nSPS) is 15.7. The Kier molecular flexibility index (Phi) is 6.34. The summed E-state index contributed by atoms with van der Waals surface area (Å²) in [5.41, 5.74) is 0. The SMILES string of the molecule is CCC(=O)SCCC(F)C(C)F. The number of halogens is 2. The summed E-state index contributed by atoms with van der Waals surface area (Å²) in [7, 11) is 0. The van der Waals surface area contributed by atoms with Crippen LogP contribution in [0.4, 0.5) is 8.78 Å². The topological polar surface area (TPSA) is 17.1 Å². The van der Waals surface area contributed by atoms with E-state index in [1.807, 2.05) is 0 Å². The molecule has 0 aromatic carbocycles. The molecular weight excluding hydrogens is 182 g/mol. The molecule has 12 heavy (non-hydrogen) atoms. The zero-order chi connectivity index (χ0) is 9.56. The zero-order valence-electron chi connectivity index (χ0n) is 7.35. The fourth-order valence-electron chi connectivity index (χ4n) is 0.617. The largest absolute Gasteiger partial charge is 0.287 e. The van der Waals surface area contributed by atoms with Crippen molar-refractivity contribution in [3.05, 3.63) is 0 Å². The molecular formula is C8H14F2OS. The molecule has 0 radical (unpaired) electrons. The molecule has 0 aliphatic rings. The molecule has 0 amide bonds. The summed E-state index contributed by atoms with van der Waals surface area (Å²) in [6.07, 6.45) is -2.29. The zero-order valence-corrected chi connectivity index (χ0v) is 8.16. The van der Waals surface area contributed by atoms with Gasteiger partial charge in [0.15, 0.2) is 5.12 Å². The maximum absolute atomic E-state index is 12.6. The Bertz CT molecular complexity index is 139. The highest BCUT2D eigenvalue weighted by Crippen LogP contribution is 2.13. The molecule has 2 unspecified atom stereocenters. The second-order valence-corrected chi connectivity index (χ2v) is 3.71. The van der Waals surface area contributed by atoms with Gasteiger partial charge < -0.3 is 0 Å². The van der Waals surface area contributed by atoms with Crippen molar-refractivity contribution in [2.24, 2.45) is 0 Å². The maximum atomic E-state index is 12.6. The minimum Gasteiger partial charge on any atom is -0.287 e. The minimum absolute atomic E-state index is 0.0358. The lowest BCUT2D eigenvalue weighted by Crippen LogP contribution is -2.14. The highest BCUT2D eigenvalue weighted by molar-refractivity contribution is 8.13. The number of hydrogen-bond acceptors (Lipinski definition) is 2. The molecule has 0 N–H and O–H groups in total. The Labute approximate surface area is 75.9 Å². The van der Waals surface area contributed by atoms with Gasteiger partial charge in [0.2, 0.25) is 0 Å². The Morgan fingerprint density at radius 1 is 1.50 bits per heavy atom. The summed E-state index contributed by atoms with van der Waals surface area (Å²) in [4.78, 5) is 10.7. The van der Waals surface area contributed by atoms with Gasteiger partial charge in [-0.1, -0.05) is 18.7 Å². The van der Waals surface area contributed by atoms with E-state index in [2.05, 4.69) is 0 Å². The number of carbonyl (C=O) groups is 1. The van der Waals surface area contributed by atoms with E-state index in [1.165, 1.54) is 6.92 Å². The third-order valence-corrected chi connectivity index (χ3v) is 2.49. The lowest BCUT2D eigenvalue weighted by molar-refractivity contribution is -0.110. The smallest absolute Gasteiger partial charge is 0.188 e. The first kappa shape index (κ1) is 11.9. The molecule has 72 valence electrons. The van der Waals surface area contributed by atoms with Crippen molar-refractivity contribution >= 4 is 16.9 Å². The Hall–Kier alpha value is -0.120. The number of rotatable bonds is 5. The van der Waals surface area contributed by atoms with Crippen molar-refractivity contribution in [1.82, 2.24) is 0 Å². The maximum Gasteiger partial charge on any atom is 0.188 e. The van der Waals surface area contributed by atoms with Crippen molar-refractivity contribution < 1.29 is 13.6 Å². The van der Waals surface area contributed by atoms with Gasteiger partial charge in [-0.25, -0.2) is 8.78 Å². The molecule has 0 heterocycles. The van der Waals surface area contributed by atoms with E-state index in [0.717, 1.165) is 11.8 Å². The van der Waals surface area contributed by atoms with Crippen LogP contribution < -0.4 is 0 Å².